The summed E-state index contributed by atoms with van der Waals surface area (Å²) in [7, 11) is 0. The molecule has 0 spiro atoms. The number of nitrogens with zero attached hydrogens (tertiary/aromatic N) is 3. The summed E-state index contributed by atoms with van der Waals surface area (Å²) < 4.78 is 84.6. The van der Waals surface area contributed by atoms with E-state index < -0.39 is 31.9 Å². The number of aromatic nitrogens is 3. The second-order valence-electron chi connectivity index (χ2n) is 14.9. The van der Waals surface area contributed by atoms with Gasteiger partial charge < -0.3 is 5.11 Å². The van der Waals surface area contributed by atoms with E-state index in [4.69, 9.17) is 23.7 Å². The van der Waals surface area contributed by atoms with Gasteiger partial charge in [0, 0.05) is 52.2 Å². The Labute approximate surface area is 381 Å². The maximum Gasteiger partial charge on any atom is 0.148 e. The minimum atomic E-state index is -3.38. The molecular weight excluding hydrogens is 914 g/mol. The second kappa shape index (κ2) is 16.7. The van der Waals surface area contributed by atoms with E-state index in [-0.39, 0.29) is 32.4 Å². The van der Waals surface area contributed by atoms with Gasteiger partial charge in [0.2, 0.25) is 0 Å². The monoisotopic (exact) mass is 969 g/mol. The Kier molecular flexibility index (Phi) is 8.30. The van der Waals surface area contributed by atoms with Gasteiger partial charge in [-0.05, 0) is 81.1 Å². The molecule has 0 aliphatic carbocycles. The van der Waals surface area contributed by atoms with Crippen molar-refractivity contribution in [2.75, 3.05) is 0 Å². The minimum Gasteiger partial charge on any atom is -0.507 e. The summed E-state index contributed by atoms with van der Waals surface area (Å²) in [6.45, 7) is -6.41. The van der Waals surface area contributed by atoms with Gasteiger partial charge in [-0.25, -0.2) is 4.98 Å². The van der Waals surface area contributed by atoms with Gasteiger partial charge in [0.1, 0.15) is 11.6 Å². The molecule has 60 heavy (non-hydrogen) atoms. The number of pyridine rings is 1. The number of para-hydroxylation sites is 2. The smallest absolute Gasteiger partial charge is 0.148 e. The van der Waals surface area contributed by atoms with Crippen LogP contribution in [0.25, 0.3) is 83.9 Å². The Morgan fingerprint density at radius 3 is 2.00 bits per heavy atom. The molecular formula is C55H46N3OPt-. The zero-order valence-corrected chi connectivity index (χ0v) is 35.1. The molecule has 0 aliphatic heterocycles. The number of aromatic hydroxyl groups is 1. The van der Waals surface area contributed by atoms with Crippen LogP contribution in [0.4, 0.5) is 0 Å². The van der Waals surface area contributed by atoms with Crippen molar-refractivity contribution in [3.63, 3.8) is 0 Å². The molecule has 9 aromatic rings. The molecule has 0 radical (unpaired) electrons. The zero-order valence-electron chi connectivity index (χ0n) is 42.8. The van der Waals surface area contributed by atoms with E-state index in [1.165, 1.54) is 24.3 Å². The van der Waals surface area contributed by atoms with Crippen LogP contribution in [0.2, 0.25) is 0 Å². The van der Waals surface area contributed by atoms with E-state index in [0.29, 0.717) is 44.9 Å². The number of hydrogen-bond donors (Lipinski definition) is 1. The molecule has 7 aromatic carbocycles. The first-order chi connectivity index (χ1) is 32.7. The predicted octanol–water partition coefficient (Wildman–Crippen LogP) is 14.3. The first-order valence-electron chi connectivity index (χ1n) is 24.4. The number of phenols is 1. The fourth-order valence-electron chi connectivity index (χ4n) is 7.62. The van der Waals surface area contributed by atoms with Gasteiger partial charge in [0.05, 0.1) is 22.3 Å². The summed E-state index contributed by atoms with van der Waals surface area (Å²) in [5.41, 5.74) is 7.73. The van der Waals surface area contributed by atoms with Crippen LogP contribution in [-0.2, 0) is 26.5 Å². The predicted molar refractivity (Wildman–Crippen MR) is 245 cm³/mol. The molecule has 0 amide bonds. The molecule has 0 saturated heterocycles. The Balaban J connectivity index is 0.00000659. The Bertz CT molecular complexity index is 3310. The molecule has 0 fully saturated rings. The molecule has 0 aliphatic rings. The topological polar surface area (TPSA) is 50.9 Å². The van der Waals surface area contributed by atoms with Crippen molar-refractivity contribution in [2.45, 2.75) is 45.7 Å². The normalized spacial score (nSPS) is 14.8. The maximum absolute atomic E-state index is 11.4. The molecule has 0 bridgehead atoms. The van der Waals surface area contributed by atoms with Crippen molar-refractivity contribution in [3.8, 4) is 78.6 Å². The molecule has 1 N–H and O–H groups in total. The van der Waals surface area contributed by atoms with E-state index in [2.05, 4.69) is 22.8 Å². The van der Waals surface area contributed by atoms with E-state index in [1.807, 2.05) is 129 Å². The quantitative estimate of drug-likeness (QED) is 0.154. The fourth-order valence-corrected chi connectivity index (χ4v) is 7.62. The molecule has 5 heteroatoms. The van der Waals surface area contributed by atoms with Crippen LogP contribution in [0.1, 0.15) is 65.1 Å². The van der Waals surface area contributed by atoms with Crippen LogP contribution in [0.15, 0.2) is 176 Å². The Morgan fingerprint density at radius 1 is 0.617 bits per heavy atom. The minimum absolute atomic E-state index is 0. The van der Waals surface area contributed by atoms with Crippen molar-refractivity contribution in [1.29, 1.82) is 0 Å². The number of rotatable bonds is 8. The van der Waals surface area contributed by atoms with Crippen molar-refractivity contribution in [1.82, 2.24) is 14.5 Å². The number of fused-ring (bicyclic) bond motifs is 1. The number of phenolic OH excluding ortho intramolecular Hbond substituents is 1. The Hall–Kier alpha value is -6.35. The molecule has 2 aromatic heterocycles. The van der Waals surface area contributed by atoms with E-state index >= 15 is 0 Å². The van der Waals surface area contributed by atoms with Gasteiger partial charge in [-0.3, -0.25) is 9.55 Å². The van der Waals surface area contributed by atoms with Gasteiger partial charge in [0.25, 0.3) is 0 Å². The van der Waals surface area contributed by atoms with Crippen LogP contribution >= 0.6 is 0 Å². The van der Waals surface area contributed by atoms with Crippen LogP contribution in [0.5, 0.6) is 5.75 Å². The van der Waals surface area contributed by atoms with Crippen LogP contribution in [0, 0.1) is 6.07 Å². The Morgan fingerprint density at radius 2 is 1.28 bits per heavy atom. The van der Waals surface area contributed by atoms with Crippen LogP contribution < -0.4 is 0 Å². The summed E-state index contributed by atoms with van der Waals surface area (Å²) in [4.78, 5) is 10.1. The fraction of sp³-hybridized carbons (Fsp3) is 0.127. The summed E-state index contributed by atoms with van der Waals surface area (Å²) in [5, 5.41) is 11.4. The number of benzene rings is 7. The zero-order chi connectivity index (χ0) is 49.1. The third-order valence-electron chi connectivity index (χ3n) is 10.7. The van der Waals surface area contributed by atoms with Gasteiger partial charge in [-0.15, -0.1) is 23.8 Å². The van der Waals surface area contributed by atoms with Crippen molar-refractivity contribution >= 4 is 11.0 Å². The second-order valence-corrected chi connectivity index (χ2v) is 14.9. The van der Waals surface area contributed by atoms with Gasteiger partial charge >= 0.3 is 0 Å². The summed E-state index contributed by atoms with van der Waals surface area (Å²) >= 11 is 0. The largest absolute Gasteiger partial charge is 0.507 e. The number of hydrogen-bond acceptors (Lipinski definition) is 3. The maximum atomic E-state index is 11.4. The first-order valence-corrected chi connectivity index (χ1v) is 19.4. The van der Waals surface area contributed by atoms with Crippen molar-refractivity contribution < 1.29 is 39.9 Å². The average Bonchev–Trinajstić information content (AvgIpc) is 3.70. The molecule has 2 heterocycles. The summed E-state index contributed by atoms with van der Waals surface area (Å²) in [5.74, 6) is -0.299. The van der Waals surface area contributed by atoms with Crippen molar-refractivity contribution in [3.05, 3.63) is 193 Å². The SMILES string of the molecule is [2H]C(C)(C)c1ccc(-n2c(-c3ccccc3O)nc3c(-c4[c-]c(-c5cc(-c6ccc(C(C([2H])([2H])[2H])(C([2H])([2H])[2H])C([2H])([2H])[2H])cc6)ccn5)cc(-c5ccccc5)c4)cccc32)c(-c2ccccc2)c1.[Pt]. The standard InChI is InChI=1S/C55H46N3O.Pt/c1-36(2)40-25-28-50(48(34-40)39-17-10-7-11-18-39)58-51-21-14-20-46(53(51)57-54(58)47-19-12-13-22-52(47)59)43-31-42(37-15-8-6-9-16-37)32-44(33-43)49-35-41(29-30-56-49)38-23-26-45(27-24-38)55(3,4)5;/h6-32,34-36,59H,1-5H3;/q-1;/i3D3,4D3,5D3,36D;. The molecule has 298 valence electrons. The van der Waals surface area contributed by atoms with Gasteiger partial charge in [0.15, 0.2) is 0 Å². The molecule has 0 unspecified atom stereocenters. The van der Waals surface area contributed by atoms with Gasteiger partial charge in [-0.2, -0.15) is 0 Å². The first kappa shape index (κ1) is 29.8. The molecule has 0 atom stereocenters. The van der Waals surface area contributed by atoms with E-state index in [1.54, 1.807) is 24.4 Å². The average molecular weight is 970 g/mol. The van der Waals surface area contributed by atoms with E-state index in [9.17, 15) is 5.11 Å². The third kappa shape index (κ3) is 7.88. The summed E-state index contributed by atoms with van der Waals surface area (Å²) in [6, 6.07) is 56.0. The third-order valence-corrected chi connectivity index (χ3v) is 10.7. The van der Waals surface area contributed by atoms with Gasteiger partial charge in [-0.1, -0.05) is 172 Å². The number of imidazole rings is 1. The summed E-state index contributed by atoms with van der Waals surface area (Å²) in [6.07, 6.45) is 1.64. The van der Waals surface area contributed by atoms with E-state index in [0.717, 1.165) is 44.6 Å². The van der Waals surface area contributed by atoms with Crippen LogP contribution in [0.3, 0.4) is 0 Å². The van der Waals surface area contributed by atoms with Crippen LogP contribution in [-0.4, -0.2) is 19.6 Å². The molecule has 0 saturated carbocycles. The molecule has 4 nitrogen and oxygen atoms in total. The molecule has 9 rings (SSSR count). The van der Waals surface area contributed by atoms with Crippen molar-refractivity contribution in [2.24, 2.45) is 0 Å².